The Labute approximate surface area is 113 Å². The van der Waals surface area contributed by atoms with Gasteiger partial charge in [0.2, 0.25) is 0 Å². The van der Waals surface area contributed by atoms with Gasteiger partial charge in [0.25, 0.3) is 0 Å². The molecule has 0 saturated heterocycles. The fraction of sp³-hybridized carbons (Fsp3) is 0.250. The molecule has 2 aromatic rings. The second kappa shape index (κ2) is 4.84. The molecule has 0 aromatic heterocycles. The van der Waals surface area contributed by atoms with Crippen LogP contribution in [0.15, 0.2) is 42.5 Å². The lowest BCUT2D eigenvalue weighted by Crippen LogP contribution is -2.11. The van der Waals surface area contributed by atoms with Gasteiger partial charge in [0.1, 0.15) is 17.2 Å². The van der Waals surface area contributed by atoms with Gasteiger partial charge in [-0.3, -0.25) is 0 Å². The molecule has 3 nitrogen and oxygen atoms in total. The van der Waals surface area contributed by atoms with Crippen molar-refractivity contribution in [2.75, 3.05) is 5.73 Å². The van der Waals surface area contributed by atoms with Gasteiger partial charge in [0, 0.05) is 5.56 Å². The summed E-state index contributed by atoms with van der Waals surface area (Å²) in [6.45, 7) is 6.13. The van der Waals surface area contributed by atoms with Gasteiger partial charge >= 0.3 is 0 Å². The molecule has 0 fully saturated rings. The minimum Gasteiger partial charge on any atom is -0.508 e. The molecular formula is C16H19NO2. The lowest BCUT2D eigenvalue weighted by Gasteiger charge is -2.21. The standard InChI is InChI=1S/C16H19NO2/c1-16(2,3)12-10-11(8-9-14(12)18)19-15-7-5-4-6-13(15)17/h4-10,18H,17H2,1-3H3. The third-order valence-corrected chi connectivity index (χ3v) is 2.92. The number of phenolic OH excluding ortho intramolecular Hbond substituents is 1. The van der Waals surface area contributed by atoms with Crippen molar-refractivity contribution in [3.63, 3.8) is 0 Å². The number of para-hydroxylation sites is 2. The van der Waals surface area contributed by atoms with Gasteiger partial charge in [-0.05, 0) is 35.7 Å². The number of benzene rings is 2. The maximum Gasteiger partial charge on any atom is 0.150 e. The lowest BCUT2D eigenvalue weighted by molar-refractivity contribution is 0.438. The van der Waals surface area contributed by atoms with Gasteiger partial charge in [-0.25, -0.2) is 0 Å². The Morgan fingerprint density at radius 3 is 2.37 bits per heavy atom. The molecule has 0 aliphatic heterocycles. The van der Waals surface area contributed by atoms with Crippen LogP contribution in [0, 0.1) is 0 Å². The summed E-state index contributed by atoms with van der Waals surface area (Å²) < 4.78 is 5.76. The van der Waals surface area contributed by atoms with E-state index >= 15 is 0 Å². The first-order valence-electron chi connectivity index (χ1n) is 6.24. The first kappa shape index (κ1) is 13.3. The molecular weight excluding hydrogens is 238 g/mol. The van der Waals surface area contributed by atoms with E-state index in [1.165, 1.54) is 0 Å². The second-order valence-corrected chi connectivity index (χ2v) is 5.57. The van der Waals surface area contributed by atoms with Crippen LogP contribution in [0.3, 0.4) is 0 Å². The number of anilines is 1. The molecule has 0 spiro atoms. The Hall–Kier alpha value is -2.16. The van der Waals surface area contributed by atoms with Crippen LogP contribution >= 0.6 is 0 Å². The molecule has 0 bridgehead atoms. The van der Waals surface area contributed by atoms with Crippen LogP contribution in [0.5, 0.6) is 17.2 Å². The van der Waals surface area contributed by atoms with E-state index < -0.39 is 0 Å². The van der Waals surface area contributed by atoms with Gasteiger partial charge in [-0.15, -0.1) is 0 Å². The Morgan fingerprint density at radius 2 is 1.74 bits per heavy atom. The van der Waals surface area contributed by atoms with E-state index in [1.54, 1.807) is 18.2 Å². The fourth-order valence-electron chi connectivity index (χ4n) is 1.88. The Morgan fingerprint density at radius 1 is 1.05 bits per heavy atom. The molecule has 0 atom stereocenters. The van der Waals surface area contributed by atoms with Crippen LogP contribution in [-0.4, -0.2) is 5.11 Å². The highest BCUT2D eigenvalue weighted by Gasteiger charge is 2.19. The monoisotopic (exact) mass is 257 g/mol. The highest BCUT2D eigenvalue weighted by molar-refractivity contribution is 5.54. The van der Waals surface area contributed by atoms with Crippen molar-refractivity contribution >= 4 is 5.69 Å². The summed E-state index contributed by atoms with van der Waals surface area (Å²) >= 11 is 0. The summed E-state index contributed by atoms with van der Waals surface area (Å²) in [4.78, 5) is 0. The zero-order chi connectivity index (χ0) is 14.0. The summed E-state index contributed by atoms with van der Waals surface area (Å²) in [6, 6.07) is 12.6. The second-order valence-electron chi connectivity index (χ2n) is 5.57. The Balaban J connectivity index is 2.35. The van der Waals surface area contributed by atoms with E-state index in [0.29, 0.717) is 17.2 Å². The molecule has 19 heavy (non-hydrogen) atoms. The minimum atomic E-state index is -0.147. The number of ether oxygens (including phenoxy) is 1. The zero-order valence-corrected chi connectivity index (χ0v) is 11.5. The normalized spacial score (nSPS) is 11.3. The van der Waals surface area contributed by atoms with Crippen LogP contribution in [0.1, 0.15) is 26.3 Å². The molecule has 0 saturated carbocycles. The highest BCUT2D eigenvalue weighted by Crippen LogP contribution is 2.35. The maximum absolute atomic E-state index is 9.91. The molecule has 0 radical (unpaired) electrons. The number of phenols is 1. The molecule has 100 valence electrons. The van der Waals surface area contributed by atoms with Gasteiger partial charge < -0.3 is 15.6 Å². The van der Waals surface area contributed by atoms with Gasteiger partial charge in [-0.1, -0.05) is 32.9 Å². The first-order chi connectivity index (χ1) is 8.88. The maximum atomic E-state index is 9.91. The van der Waals surface area contributed by atoms with E-state index in [1.807, 2.05) is 45.0 Å². The Bertz CT molecular complexity index is 586. The van der Waals surface area contributed by atoms with Crippen LogP contribution in [0.2, 0.25) is 0 Å². The average Bonchev–Trinajstić information content (AvgIpc) is 2.33. The number of aromatic hydroxyl groups is 1. The summed E-state index contributed by atoms with van der Waals surface area (Å²) in [5.74, 6) is 1.56. The Kier molecular flexibility index (Phi) is 3.38. The van der Waals surface area contributed by atoms with Crippen molar-refractivity contribution in [2.45, 2.75) is 26.2 Å². The summed E-state index contributed by atoms with van der Waals surface area (Å²) in [7, 11) is 0. The van der Waals surface area contributed by atoms with Crippen molar-refractivity contribution < 1.29 is 9.84 Å². The van der Waals surface area contributed by atoms with Crippen LogP contribution < -0.4 is 10.5 Å². The summed E-state index contributed by atoms with van der Waals surface area (Å²) in [6.07, 6.45) is 0. The predicted octanol–water partition coefficient (Wildman–Crippen LogP) is 4.06. The van der Waals surface area contributed by atoms with Crippen molar-refractivity contribution in [2.24, 2.45) is 0 Å². The molecule has 0 aliphatic rings. The molecule has 3 heteroatoms. The lowest BCUT2D eigenvalue weighted by atomic mass is 9.86. The van der Waals surface area contributed by atoms with Crippen LogP contribution in [0.25, 0.3) is 0 Å². The highest BCUT2D eigenvalue weighted by atomic mass is 16.5. The molecule has 0 heterocycles. The number of rotatable bonds is 2. The minimum absolute atomic E-state index is 0.147. The van der Waals surface area contributed by atoms with E-state index in [-0.39, 0.29) is 11.2 Å². The molecule has 2 rings (SSSR count). The molecule has 3 N–H and O–H groups in total. The van der Waals surface area contributed by atoms with E-state index in [2.05, 4.69) is 0 Å². The zero-order valence-electron chi connectivity index (χ0n) is 11.5. The third kappa shape index (κ3) is 2.99. The third-order valence-electron chi connectivity index (χ3n) is 2.92. The quantitative estimate of drug-likeness (QED) is 0.797. The largest absolute Gasteiger partial charge is 0.508 e. The number of hydrogen-bond donors (Lipinski definition) is 2. The summed E-state index contributed by atoms with van der Waals surface area (Å²) in [5.41, 5.74) is 7.14. The number of nitrogens with two attached hydrogens (primary N) is 1. The molecule has 0 amide bonds. The molecule has 0 unspecified atom stereocenters. The van der Waals surface area contributed by atoms with E-state index in [4.69, 9.17) is 10.5 Å². The first-order valence-corrected chi connectivity index (χ1v) is 6.24. The van der Waals surface area contributed by atoms with E-state index in [0.717, 1.165) is 5.56 Å². The summed E-state index contributed by atoms with van der Waals surface area (Å²) in [5, 5.41) is 9.91. The SMILES string of the molecule is CC(C)(C)c1cc(Oc2ccccc2N)ccc1O. The van der Waals surface area contributed by atoms with Crippen molar-refractivity contribution in [3.8, 4) is 17.2 Å². The van der Waals surface area contributed by atoms with Gasteiger partial charge in [0.05, 0.1) is 5.69 Å². The fourth-order valence-corrected chi connectivity index (χ4v) is 1.88. The van der Waals surface area contributed by atoms with Gasteiger partial charge in [-0.2, -0.15) is 0 Å². The van der Waals surface area contributed by atoms with Gasteiger partial charge in [0.15, 0.2) is 0 Å². The smallest absolute Gasteiger partial charge is 0.150 e. The number of hydrogen-bond acceptors (Lipinski definition) is 3. The average molecular weight is 257 g/mol. The van der Waals surface area contributed by atoms with Crippen molar-refractivity contribution in [1.29, 1.82) is 0 Å². The van der Waals surface area contributed by atoms with Crippen molar-refractivity contribution in [3.05, 3.63) is 48.0 Å². The van der Waals surface area contributed by atoms with Crippen LogP contribution in [-0.2, 0) is 5.41 Å². The van der Waals surface area contributed by atoms with Crippen molar-refractivity contribution in [1.82, 2.24) is 0 Å². The van der Waals surface area contributed by atoms with Crippen LogP contribution in [0.4, 0.5) is 5.69 Å². The molecule has 0 aliphatic carbocycles. The van der Waals surface area contributed by atoms with E-state index in [9.17, 15) is 5.11 Å². The number of nitrogen functional groups attached to an aromatic ring is 1. The molecule has 2 aromatic carbocycles. The predicted molar refractivity (Wildman–Crippen MR) is 77.7 cm³/mol. The topological polar surface area (TPSA) is 55.5 Å².